The number of ether oxygens (including phenoxy) is 1. The molecule has 0 bridgehead atoms. The van der Waals surface area contributed by atoms with Gasteiger partial charge in [-0.2, -0.15) is 0 Å². The highest BCUT2D eigenvalue weighted by Crippen LogP contribution is 2.21. The third-order valence-electron chi connectivity index (χ3n) is 3.39. The van der Waals surface area contributed by atoms with Gasteiger partial charge in [-0.25, -0.2) is 9.97 Å². The van der Waals surface area contributed by atoms with Gasteiger partial charge < -0.3 is 15.4 Å². The molecule has 1 atom stereocenters. The Bertz CT molecular complexity index is 434. The summed E-state index contributed by atoms with van der Waals surface area (Å²) in [6, 6.07) is 0. The summed E-state index contributed by atoms with van der Waals surface area (Å²) in [5.41, 5.74) is 2.09. The molecule has 0 saturated carbocycles. The highest BCUT2D eigenvalue weighted by molar-refractivity contribution is 6.30. The van der Waals surface area contributed by atoms with Crippen LogP contribution in [0.2, 0.25) is 5.15 Å². The van der Waals surface area contributed by atoms with Crippen molar-refractivity contribution in [2.24, 2.45) is 0 Å². The van der Waals surface area contributed by atoms with Gasteiger partial charge in [0.25, 0.3) is 0 Å². The van der Waals surface area contributed by atoms with Crippen molar-refractivity contribution in [1.29, 1.82) is 0 Å². The molecule has 0 spiro atoms. The summed E-state index contributed by atoms with van der Waals surface area (Å²) >= 11 is 6.18. The van der Waals surface area contributed by atoms with Crippen LogP contribution >= 0.6 is 11.6 Å². The highest BCUT2D eigenvalue weighted by Gasteiger charge is 2.18. The fourth-order valence-corrected chi connectivity index (χ4v) is 2.65. The fraction of sp³-hybridized carbons (Fsp3) is 0.667. The van der Waals surface area contributed by atoms with Crippen molar-refractivity contribution in [3.8, 4) is 0 Å². The number of aromatic nitrogens is 2. The summed E-state index contributed by atoms with van der Waals surface area (Å²) in [7, 11) is 0. The first-order valence-electron chi connectivity index (χ1n) is 6.44. The van der Waals surface area contributed by atoms with Crippen LogP contribution in [-0.4, -0.2) is 35.8 Å². The molecule has 1 aromatic rings. The van der Waals surface area contributed by atoms with Crippen molar-refractivity contribution in [3.63, 3.8) is 0 Å². The average Bonchev–Trinajstić information content (AvgIpc) is 2.90. The average molecular weight is 269 g/mol. The molecule has 1 fully saturated rings. The monoisotopic (exact) mass is 268 g/mol. The number of fused-ring (bicyclic) bond motifs is 1. The first kappa shape index (κ1) is 12.1. The lowest BCUT2D eigenvalue weighted by atomic mass is 10.1. The SMILES string of the molecule is Clc1nc(NCC2CCCO2)nc2c1CNCC2. The number of nitrogens with zero attached hydrogens (tertiary/aromatic N) is 2. The molecule has 0 radical (unpaired) electrons. The fourth-order valence-electron chi connectivity index (χ4n) is 2.39. The van der Waals surface area contributed by atoms with Crippen LogP contribution in [0, 0.1) is 0 Å². The van der Waals surface area contributed by atoms with Gasteiger partial charge in [0.15, 0.2) is 0 Å². The summed E-state index contributed by atoms with van der Waals surface area (Å²) in [5, 5.41) is 7.06. The number of nitrogens with one attached hydrogen (secondary N) is 2. The summed E-state index contributed by atoms with van der Waals surface area (Å²) in [4.78, 5) is 8.83. The lowest BCUT2D eigenvalue weighted by Crippen LogP contribution is -2.26. The van der Waals surface area contributed by atoms with Crippen LogP contribution in [0.3, 0.4) is 0 Å². The van der Waals surface area contributed by atoms with Gasteiger partial charge in [-0.15, -0.1) is 0 Å². The normalized spacial score (nSPS) is 22.8. The van der Waals surface area contributed by atoms with E-state index >= 15 is 0 Å². The Morgan fingerprint density at radius 1 is 1.44 bits per heavy atom. The molecule has 5 nitrogen and oxygen atoms in total. The van der Waals surface area contributed by atoms with Crippen LogP contribution in [0.1, 0.15) is 24.1 Å². The molecule has 1 aromatic heterocycles. The minimum Gasteiger partial charge on any atom is -0.376 e. The maximum atomic E-state index is 6.18. The van der Waals surface area contributed by atoms with E-state index in [1.54, 1.807) is 0 Å². The van der Waals surface area contributed by atoms with E-state index in [4.69, 9.17) is 16.3 Å². The van der Waals surface area contributed by atoms with Crippen molar-refractivity contribution < 1.29 is 4.74 Å². The summed E-state index contributed by atoms with van der Waals surface area (Å²) in [6.07, 6.45) is 3.44. The Kier molecular flexibility index (Phi) is 3.63. The smallest absolute Gasteiger partial charge is 0.224 e. The van der Waals surface area contributed by atoms with E-state index in [0.29, 0.717) is 11.1 Å². The maximum Gasteiger partial charge on any atom is 0.224 e. The third-order valence-corrected chi connectivity index (χ3v) is 3.71. The second-order valence-electron chi connectivity index (χ2n) is 4.71. The minimum absolute atomic E-state index is 0.282. The van der Waals surface area contributed by atoms with Gasteiger partial charge in [-0.3, -0.25) is 0 Å². The zero-order valence-electron chi connectivity index (χ0n) is 10.2. The molecule has 2 N–H and O–H groups in total. The molecule has 6 heteroatoms. The lowest BCUT2D eigenvalue weighted by Gasteiger charge is -2.18. The van der Waals surface area contributed by atoms with E-state index in [2.05, 4.69) is 20.6 Å². The van der Waals surface area contributed by atoms with Gasteiger partial charge in [-0.1, -0.05) is 11.6 Å². The van der Waals surface area contributed by atoms with E-state index in [1.165, 1.54) is 0 Å². The molecular weight excluding hydrogens is 252 g/mol. The van der Waals surface area contributed by atoms with E-state index in [0.717, 1.165) is 56.8 Å². The zero-order valence-corrected chi connectivity index (χ0v) is 11.0. The minimum atomic E-state index is 0.282. The molecular formula is C12H17ClN4O. The predicted molar refractivity (Wildman–Crippen MR) is 69.9 cm³/mol. The number of hydrogen-bond donors (Lipinski definition) is 2. The van der Waals surface area contributed by atoms with Crippen molar-refractivity contribution in [2.75, 3.05) is 25.0 Å². The van der Waals surface area contributed by atoms with E-state index in [1.807, 2.05) is 0 Å². The molecule has 0 aromatic carbocycles. The summed E-state index contributed by atoms with van der Waals surface area (Å²) < 4.78 is 5.56. The van der Waals surface area contributed by atoms with Crippen LogP contribution in [0.4, 0.5) is 5.95 Å². The Labute approximate surface area is 111 Å². The number of rotatable bonds is 3. The van der Waals surface area contributed by atoms with Gasteiger partial charge in [-0.05, 0) is 12.8 Å². The van der Waals surface area contributed by atoms with Gasteiger partial charge in [0.05, 0.1) is 11.8 Å². The molecule has 1 saturated heterocycles. The van der Waals surface area contributed by atoms with Crippen molar-refractivity contribution in [2.45, 2.75) is 31.9 Å². The Balaban J connectivity index is 1.70. The first-order chi connectivity index (χ1) is 8.83. The zero-order chi connectivity index (χ0) is 12.4. The van der Waals surface area contributed by atoms with Gasteiger partial charge >= 0.3 is 0 Å². The van der Waals surface area contributed by atoms with Crippen LogP contribution in [0.25, 0.3) is 0 Å². The Morgan fingerprint density at radius 2 is 2.39 bits per heavy atom. The molecule has 98 valence electrons. The molecule has 3 heterocycles. The van der Waals surface area contributed by atoms with Crippen molar-refractivity contribution in [1.82, 2.24) is 15.3 Å². The molecule has 0 amide bonds. The van der Waals surface area contributed by atoms with Crippen LogP contribution in [0.5, 0.6) is 0 Å². The van der Waals surface area contributed by atoms with Crippen LogP contribution in [-0.2, 0) is 17.7 Å². The molecule has 0 aliphatic carbocycles. The molecule has 2 aliphatic rings. The van der Waals surface area contributed by atoms with Gasteiger partial charge in [0.2, 0.25) is 5.95 Å². The van der Waals surface area contributed by atoms with Crippen LogP contribution in [0.15, 0.2) is 0 Å². The number of halogens is 1. The standard InChI is InChI=1S/C12H17ClN4O/c13-11-9-7-14-4-3-10(9)16-12(17-11)15-6-8-2-1-5-18-8/h8,14H,1-7H2,(H,15,16,17). The number of anilines is 1. The second kappa shape index (κ2) is 5.38. The largest absolute Gasteiger partial charge is 0.376 e. The van der Waals surface area contributed by atoms with E-state index in [9.17, 15) is 0 Å². The Morgan fingerprint density at radius 3 is 3.22 bits per heavy atom. The van der Waals surface area contributed by atoms with Gasteiger partial charge in [0.1, 0.15) is 5.15 Å². The van der Waals surface area contributed by atoms with Crippen LogP contribution < -0.4 is 10.6 Å². The predicted octanol–water partition coefficient (Wildman–Crippen LogP) is 1.37. The van der Waals surface area contributed by atoms with E-state index in [-0.39, 0.29) is 6.10 Å². The van der Waals surface area contributed by atoms with Crippen molar-refractivity contribution >= 4 is 17.5 Å². The third kappa shape index (κ3) is 2.58. The molecule has 1 unspecified atom stereocenters. The van der Waals surface area contributed by atoms with Crippen molar-refractivity contribution in [3.05, 3.63) is 16.4 Å². The summed E-state index contributed by atoms with van der Waals surface area (Å²) in [5.74, 6) is 0.621. The highest BCUT2D eigenvalue weighted by atomic mass is 35.5. The quantitative estimate of drug-likeness (QED) is 0.811. The second-order valence-corrected chi connectivity index (χ2v) is 5.06. The number of hydrogen-bond acceptors (Lipinski definition) is 5. The molecule has 18 heavy (non-hydrogen) atoms. The maximum absolute atomic E-state index is 6.18. The topological polar surface area (TPSA) is 59.1 Å². The summed E-state index contributed by atoms with van der Waals surface area (Å²) in [6.45, 7) is 3.34. The van der Waals surface area contributed by atoms with E-state index < -0.39 is 0 Å². The molecule has 3 rings (SSSR count). The Hall–Kier alpha value is -0.910. The van der Waals surface area contributed by atoms with Gasteiger partial charge in [0, 0.05) is 38.2 Å². The first-order valence-corrected chi connectivity index (χ1v) is 6.82. The lowest BCUT2D eigenvalue weighted by molar-refractivity contribution is 0.120. The molecule has 2 aliphatic heterocycles.